The molecule has 2 aromatic rings. The minimum Gasteiger partial charge on any atom is -0.360 e. The van der Waals surface area contributed by atoms with Gasteiger partial charge in [-0.25, -0.2) is 4.39 Å². The summed E-state index contributed by atoms with van der Waals surface area (Å²) in [6, 6.07) is 8.68. The van der Waals surface area contributed by atoms with Crippen molar-refractivity contribution in [1.82, 2.24) is 10.5 Å². The SMILES string of the molecule is CCC(NCc1cc(C)no1)c1ccc(F)cc1. The number of nitrogens with zero attached hydrogens (tertiary/aromatic N) is 1. The number of hydrogen-bond acceptors (Lipinski definition) is 3. The van der Waals surface area contributed by atoms with Gasteiger partial charge in [0.25, 0.3) is 0 Å². The number of benzene rings is 1. The number of halogens is 1. The zero-order valence-corrected chi connectivity index (χ0v) is 10.6. The van der Waals surface area contributed by atoms with Gasteiger partial charge in [0.15, 0.2) is 5.76 Å². The molecule has 1 heterocycles. The molecular weight excluding hydrogens is 231 g/mol. The van der Waals surface area contributed by atoms with Crippen molar-refractivity contribution < 1.29 is 8.91 Å². The Hall–Kier alpha value is -1.68. The van der Waals surface area contributed by atoms with Crippen molar-refractivity contribution in [3.63, 3.8) is 0 Å². The lowest BCUT2D eigenvalue weighted by Crippen LogP contribution is -2.20. The predicted molar refractivity (Wildman–Crippen MR) is 67.5 cm³/mol. The van der Waals surface area contributed by atoms with E-state index in [1.807, 2.05) is 25.1 Å². The van der Waals surface area contributed by atoms with Crippen LogP contribution in [0, 0.1) is 12.7 Å². The van der Waals surface area contributed by atoms with E-state index in [0.29, 0.717) is 6.54 Å². The van der Waals surface area contributed by atoms with Crippen molar-refractivity contribution in [2.24, 2.45) is 0 Å². The summed E-state index contributed by atoms with van der Waals surface area (Å²) in [4.78, 5) is 0. The molecule has 3 nitrogen and oxygen atoms in total. The lowest BCUT2D eigenvalue weighted by molar-refractivity contribution is 0.359. The summed E-state index contributed by atoms with van der Waals surface area (Å²) in [5.74, 6) is 0.604. The standard InChI is InChI=1S/C14H17FN2O/c1-3-14(11-4-6-12(15)7-5-11)16-9-13-8-10(2)17-18-13/h4-8,14,16H,3,9H2,1-2H3. The second-order valence-electron chi connectivity index (χ2n) is 4.33. The molecule has 1 atom stereocenters. The summed E-state index contributed by atoms with van der Waals surface area (Å²) >= 11 is 0. The predicted octanol–water partition coefficient (Wildman–Crippen LogP) is 3.36. The van der Waals surface area contributed by atoms with Gasteiger partial charge in [-0.2, -0.15) is 0 Å². The van der Waals surface area contributed by atoms with Crippen LogP contribution in [0.1, 0.15) is 36.4 Å². The molecule has 2 rings (SSSR count). The quantitative estimate of drug-likeness (QED) is 0.881. The van der Waals surface area contributed by atoms with Crippen LogP contribution in [0.15, 0.2) is 34.9 Å². The van der Waals surface area contributed by atoms with Crippen molar-refractivity contribution in [2.45, 2.75) is 32.9 Å². The summed E-state index contributed by atoms with van der Waals surface area (Å²) < 4.78 is 18.0. The highest BCUT2D eigenvalue weighted by Crippen LogP contribution is 2.17. The van der Waals surface area contributed by atoms with Gasteiger partial charge < -0.3 is 9.84 Å². The van der Waals surface area contributed by atoms with E-state index in [4.69, 9.17) is 4.52 Å². The molecule has 1 aromatic carbocycles. The van der Waals surface area contributed by atoms with E-state index in [9.17, 15) is 4.39 Å². The van der Waals surface area contributed by atoms with Crippen LogP contribution in [0.25, 0.3) is 0 Å². The third kappa shape index (κ3) is 3.17. The molecule has 1 aromatic heterocycles. The summed E-state index contributed by atoms with van der Waals surface area (Å²) in [6.07, 6.45) is 0.929. The van der Waals surface area contributed by atoms with Crippen molar-refractivity contribution >= 4 is 0 Å². The lowest BCUT2D eigenvalue weighted by Gasteiger charge is -2.16. The number of nitrogens with one attached hydrogen (secondary N) is 1. The van der Waals surface area contributed by atoms with E-state index in [0.717, 1.165) is 23.4 Å². The van der Waals surface area contributed by atoms with Gasteiger partial charge in [-0.15, -0.1) is 0 Å². The first-order valence-corrected chi connectivity index (χ1v) is 6.10. The molecule has 0 spiro atoms. The van der Waals surface area contributed by atoms with Crippen LogP contribution in [0.3, 0.4) is 0 Å². The maximum atomic E-state index is 12.9. The Bertz CT molecular complexity index is 493. The Morgan fingerprint density at radius 1 is 1.33 bits per heavy atom. The molecule has 0 bridgehead atoms. The lowest BCUT2D eigenvalue weighted by atomic mass is 10.0. The molecule has 0 amide bonds. The average Bonchev–Trinajstić information content (AvgIpc) is 2.78. The van der Waals surface area contributed by atoms with Crippen LogP contribution in [0.5, 0.6) is 0 Å². The zero-order valence-electron chi connectivity index (χ0n) is 10.6. The maximum absolute atomic E-state index is 12.9. The van der Waals surface area contributed by atoms with Gasteiger partial charge in [0.1, 0.15) is 5.82 Å². The Labute approximate surface area is 106 Å². The molecule has 0 aliphatic heterocycles. The fraction of sp³-hybridized carbons (Fsp3) is 0.357. The minimum absolute atomic E-state index is 0.191. The van der Waals surface area contributed by atoms with Crippen molar-refractivity contribution in [1.29, 1.82) is 0 Å². The van der Waals surface area contributed by atoms with Gasteiger partial charge in [0.05, 0.1) is 12.2 Å². The van der Waals surface area contributed by atoms with Crippen LogP contribution in [0.4, 0.5) is 4.39 Å². The van der Waals surface area contributed by atoms with Gasteiger partial charge in [-0.3, -0.25) is 0 Å². The number of hydrogen-bond donors (Lipinski definition) is 1. The fourth-order valence-electron chi connectivity index (χ4n) is 1.92. The van der Waals surface area contributed by atoms with Gasteiger partial charge in [0.2, 0.25) is 0 Å². The van der Waals surface area contributed by atoms with E-state index in [1.165, 1.54) is 12.1 Å². The molecule has 96 valence electrons. The van der Waals surface area contributed by atoms with E-state index >= 15 is 0 Å². The molecule has 0 aliphatic carbocycles. The Balaban J connectivity index is 1.99. The molecule has 0 saturated heterocycles. The van der Waals surface area contributed by atoms with Gasteiger partial charge >= 0.3 is 0 Å². The fourth-order valence-corrected chi connectivity index (χ4v) is 1.92. The van der Waals surface area contributed by atoms with Crippen LogP contribution in [-0.2, 0) is 6.54 Å². The smallest absolute Gasteiger partial charge is 0.150 e. The minimum atomic E-state index is -0.209. The molecule has 0 radical (unpaired) electrons. The highest BCUT2D eigenvalue weighted by molar-refractivity contribution is 5.20. The molecule has 1 unspecified atom stereocenters. The van der Waals surface area contributed by atoms with Crippen LogP contribution >= 0.6 is 0 Å². The number of aryl methyl sites for hydroxylation is 1. The number of aromatic nitrogens is 1. The highest BCUT2D eigenvalue weighted by atomic mass is 19.1. The summed E-state index contributed by atoms with van der Waals surface area (Å²) in [5.41, 5.74) is 1.96. The van der Waals surface area contributed by atoms with Crippen LogP contribution in [0.2, 0.25) is 0 Å². The van der Waals surface area contributed by atoms with Crippen molar-refractivity contribution in [3.05, 3.63) is 53.2 Å². The number of rotatable bonds is 5. The van der Waals surface area contributed by atoms with E-state index in [-0.39, 0.29) is 11.9 Å². The summed E-state index contributed by atoms with van der Waals surface area (Å²) in [7, 11) is 0. The Morgan fingerprint density at radius 3 is 2.61 bits per heavy atom. The van der Waals surface area contributed by atoms with Gasteiger partial charge in [0, 0.05) is 12.1 Å². The largest absolute Gasteiger partial charge is 0.360 e. The molecule has 0 aliphatic rings. The van der Waals surface area contributed by atoms with Crippen LogP contribution < -0.4 is 5.32 Å². The van der Waals surface area contributed by atoms with Crippen molar-refractivity contribution in [3.8, 4) is 0 Å². The maximum Gasteiger partial charge on any atom is 0.150 e. The first kappa shape index (κ1) is 12.8. The van der Waals surface area contributed by atoms with Gasteiger partial charge in [-0.1, -0.05) is 24.2 Å². The normalized spacial score (nSPS) is 12.6. The molecule has 18 heavy (non-hydrogen) atoms. The zero-order chi connectivity index (χ0) is 13.0. The average molecular weight is 248 g/mol. The molecule has 0 fully saturated rings. The molecule has 4 heteroatoms. The third-order valence-corrected chi connectivity index (χ3v) is 2.88. The summed E-state index contributed by atoms with van der Waals surface area (Å²) in [6.45, 7) is 4.60. The van der Waals surface area contributed by atoms with Crippen LogP contribution in [-0.4, -0.2) is 5.16 Å². The van der Waals surface area contributed by atoms with Crippen molar-refractivity contribution in [2.75, 3.05) is 0 Å². The second kappa shape index (κ2) is 5.78. The molecule has 0 saturated carbocycles. The van der Waals surface area contributed by atoms with E-state index < -0.39 is 0 Å². The first-order chi connectivity index (χ1) is 8.69. The second-order valence-corrected chi connectivity index (χ2v) is 4.33. The van der Waals surface area contributed by atoms with E-state index in [1.54, 1.807) is 0 Å². The topological polar surface area (TPSA) is 38.1 Å². The summed E-state index contributed by atoms with van der Waals surface area (Å²) in [5, 5.41) is 7.22. The van der Waals surface area contributed by atoms with E-state index in [2.05, 4.69) is 17.4 Å². The third-order valence-electron chi connectivity index (χ3n) is 2.88. The highest BCUT2D eigenvalue weighted by Gasteiger charge is 2.10. The molecular formula is C14H17FN2O. The van der Waals surface area contributed by atoms with Gasteiger partial charge in [-0.05, 0) is 31.0 Å². The molecule has 1 N–H and O–H groups in total. The first-order valence-electron chi connectivity index (χ1n) is 6.10. The Kier molecular flexibility index (Phi) is 4.10. The Morgan fingerprint density at radius 2 is 2.06 bits per heavy atom. The monoisotopic (exact) mass is 248 g/mol.